The average Bonchev–Trinajstić information content (AvgIpc) is 3.84. The third-order valence-corrected chi connectivity index (χ3v) is 10.9. The molecule has 0 saturated carbocycles. The van der Waals surface area contributed by atoms with Crippen molar-refractivity contribution in [2.24, 2.45) is 0 Å². The summed E-state index contributed by atoms with van der Waals surface area (Å²) < 4.78 is 13.3. The second-order valence-electron chi connectivity index (χ2n) is 14.0. The highest BCUT2D eigenvalue weighted by Gasteiger charge is 2.22. The molecule has 0 fully saturated rings. The summed E-state index contributed by atoms with van der Waals surface area (Å²) >= 11 is 0. The summed E-state index contributed by atoms with van der Waals surface area (Å²) in [6.07, 6.45) is 0. The van der Waals surface area contributed by atoms with Crippen molar-refractivity contribution < 1.29 is 8.83 Å². The molecule has 0 saturated heterocycles. The Morgan fingerprint density at radius 1 is 0.309 bits per heavy atom. The van der Waals surface area contributed by atoms with Gasteiger partial charge in [-0.3, -0.25) is 0 Å². The van der Waals surface area contributed by atoms with Gasteiger partial charge < -0.3 is 13.7 Å². The lowest BCUT2D eigenvalue weighted by Crippen LogP contribution is -2.10. The molecule has 0 amide bonds. The lowest BCUT2D eigenvalue weighted by molar-refractivity contribution is 0.670. The van der Waals surface area contributed by atoms with Crippen LogP contribution in [0.25, 0.3) is 88.0 Å². The van der Waals surface area contributed by atoms with Gasteiger partial charge in [0.25, 0.3) is 0 Å². The van der Waals surface area contributed by atoms with E-state index in [0.29, 0.717) is 0 Å². The van der Waals surface area contributed by atoms with Crippen LogP contribution in [0.15, 0.2) is 209 Å². The predicted octanol–water partition coefficient (Wildman–Crippen LogP) is 15.1. The molecule has 9 aromatic carbocycles. The first-order valence-electron chi connectivity index (χ1n) is 18.7. The first-order chi connectivity index (χ1) is 27.3. The second kappa shape index (κ2) is 12.6. The maximum absolute atomic E-state index is 6.82. The Morgan fingerprint density at radius 2 is 0.891 bits per heavy atom. The molecule has 11 rings (SSSR count). The largest absolute Gasteiger partial charge is 0.455 e. The summed E-state index contributed by atoms with van der Waals surface area (Å²) in [7, 11) is 0. The molecule has 0 aliphatic heterocycles. The van der Waals surface area contributed by atoms with Crippen LogP contribution in [0, 0.1) is 0 Å². The third-order valence-electron chi connectivity index (χ3n) is 10.9. The van der Waals surface area contributed by atoms with Crippen molar-refractivity contribution in [3.05, 3.63) is 200 Å². The molecule has 11 aromatic rings. The van der Waals surface area contributed by atoms with Crippen molar-refractivity contribution in [3.63, 3.8) is 0 Å². The summed E-state index contributed by atoms with van der Waals surface area (Å²) in [6.45, 7) is 0. The minimum Gasteiger partial charge on any atom is -0.455 e. The summed E-state index contributed by atoms with van der Waals surface area (Å²) in [5, 5.41) is 6.68. The van der Waals surface area contributed by atoms with E-state index in [9.17, 15) is 0 Å². The average molecular weight is 704 g/mol. The van der Waals surface area contributed by atoms with E-state index in [1.807, 2.05) is 12.1 Å². The number of hydrogen-bond acceptors (Lipinski definition) is 3. The molecule has 0 aliphatic carbocycles. The Bertz CT molecular complexity index is 3190. The number of hydrogen-bond donors (Lipinski definition) is 0. The molecule has 0 spiro atoms. The van der Waals surface area contributed by atoms with Crippen molar-refractivity contribution >= 4 is 71.7 Å². The first kappa shape index (κ1) is 31.2. The highest BCUT2D eigenvalue weighted by atomic mass is 16.3. The van der Waals surface area contributed by atoms with Crippen LogP contribution < -0.4 is 4.90 Å². The number of nitrogens with zero attached hydrogens (tertiary/aromatic N) is 1. The molecule has 0 radical (unpaired) electrons. The lowest BCUT2D eigenvalue weighted by atomic mass is 9.95. The number of benzene rings is 9. The summed E-state index contributed by atoms with van der Waals surface area (Å²) in [4.78, 5) is 2.37. The summed E-state index contributed by atoms with van der Waals surface area (Å²) in [6, 6.07) is 70.8. The molecule has 0 atom stereocenters. The van der Waals surface area contributed by atoms with Gasteiger partial charge in [-0.15, -0.1) is 0 Å². The van der Waals surface area contributed by atoms with Gasteiger partial charge in [0, 0.05) is 38.5 Å². The molecule has 2 heterocycles. The zero-order valence-corrected chi connectivity index (χ0v) is 29.8. The third kappa shape index (κ3) is 5.13. The van der Waals surface area contributed by atoms with Crippen molar-refractivity contribution in [1.29, 1.82) is 0 Å². The Labute approximate surface area is 317 Å². The molecule has 0 aliphatic rings. The van der Waals surface area contributed by atoms with Gasteiger partial charge in [0.2, 0.25) is 0 Å². The van der Waals surface area contributed by atoms with Crippen LogP contribution in [0.1, 0.15) is 0 Å². The Morgan fingerprint density at radius 3 is 1.71 bits per heavy atom. The monoisotopic (exact) mass is 703 g/mol. The number of anilines is 3. The van der Waals surface area contributed by atoms with E-state index >= 15 is 0 Å². The molecule has 3 nitrogen and oxygen atoms in total. The van der Waals surface area contributed by atoms with Crippen molar-refractivity contribution in [2.45, 2.75) is 0 Å². The molecular weight excluding hydrogens is 671 g/mol. The molecular formula is C52H33NO2. The SMILES string of the molecule is c1ccc(-c2cccc(N(c3ccc(-c4cccc5c4oc4ccccc45)cc3)c3cccc4oc5c6ccccc6c(-c6ccccc6)cc5c34)c2)cc1. The van der Waals surface area contributed by atoms with E-state index in [4.69, 9.17) is 8.83 Å². The van der Waals surface area contributed by atoms with Crippen LogP contribution in [-0.4, -0.2) is 0 Å². The maximum atomic E-state index is 6.82. The second-order valence-corrected chi connectivity index (χ2v) is 14.0. The van der Waals surface area contributed by atoms with Crippen LogP contribution in [0.4, 0.5) is 17.1 Å². The Kier molecular flexibility index (Phi) is 7.17. The fourth-order valence-electron chi connectivity index (χ4n) is 8.32. The van der Waals surface area contributed by atoms with E-state index in [1.54, 1.807) is 0 Å². The van der Waals surface area contributed by atoms with Gasteiger partial charge in [-0.05, 0) is 81.7 Å². The summed E-state index contributed by atoms with van der Waals surface area (Å²) in [5.41, 5.74) is 13.5. The molecule has 0 bridgehead atoms. The molecule has 258 valence electrons. The highest BCUT2D eigenvalue weighted by Crippen LogP contribution is 2.47. The van der Waals surface area contributed by atoms with Crippen molar-refractivity contribution in [2.75, 3.05) is 4.90 Å². The van der Waals surface area contributed by atoms with Crippen LogP contribution in [0.2, 0.25) is 0 Å². The van der Waals surface area contributed by atoms with Crippen LogP contribution in [0.3, 0.4) is 0 Å². The number of rotatable bonds is 6. The molecule has 0 unspecified atom stereocenters. The standard InChI is InChI=1S/C52H33NO2/c1-3-14-34(15-4-1)37-18-11-19-39(32-37)53(38-30-28-36(29-31-38)40-23-12-24-44-42-21-9-10-26-48(42)54-51(40)44)47-25-13-27-49-50(47)46-33-45(35-16-5-2-6-17-35)41-20-7-8-22-43(41)52(46)55-49/h1-33H. The van der Waals surface area contributed by atoms with Gasteiger partial charge in [-0.2, -0.15) is 0 Å². The lowest BCUT2D eigenvalue weighted by Gasteiger charge is -2.27. The van der Waals surface area contributed by atoms with E-state index in [0.717, 1.165) is 83.0 Å². The van der Waals surface area contributed by atoms with Gasteiger partial charge in [0.05, 0.1) is 11.1 Å². The smallest absolute Gasteiger partial charge is 0.143 e. The number of para-hydroxylation sites is 2. The van der Waals surface area contributed by atoms with Gasteiger partial charge in [0.1, 0.15) is 22.3 Å². The minimum atomic E-state index is 0.847. The number of fused-ring (bicyclic) bond motifs is 8. The summed E-state index contributed by atoms with van der Waals surface area (Å²) in [5.74, 6) is 0. The molecule has 0 N–H and O–H groups in total. The van der Waals surface area contributed by atoms with Crippen LogP contribution >= 0.6 is 0 Å². The quantitative estimate of drug-likeness (QED) is 0.173. The zero-order chi connectivity index (χ0) is 36.3. The first-order valence-corrected chi connectivity index (χ1v) is 18.7. The van der Waals surface area contributed by atoms with E-state index in [-0.39, 0.29) is 0 Å². The van der Waals surface area contributed by atoms with E-state index in [2.05, 4.69) is 193 Å². The van der Waals surface area contributed by atoms with Gasteiger partial charge in [0.15, 0.2) is 0 Å². The fraction of sp³-hybridized carbons (Fsp3) is 0. The van der Waals surface area contributed by atoms with Crippen LogP contribution in [-0.2, 0) is 0 Å². The van der Waals surface area contributed by atoms with Crippen molar-refractivity contribution in [1.82, 2.24) is 0 Å². The predicted molar refractivity (Wildman–Crippen MR) is 229 cm³/mol. The number of furan rings is 2. The minimum absolute atomic E-state index is 0.847. The van der Waals surface area contributed by atoms with Gasteiger partial charge >= 0.3 is 0 Å². The van der Waals surface area contributed by atoms with Gasteiger partial charge in [-0.1, -0.05) is 152 Å². The van der Waals surface area contributed by atoms with Crippen LogP contribution in [0.5, 0.6) is 0 Å². The van der Waals surface area contributed by atoms with Gasteiger partial charge in [-0.25, -0.2) is 0 Å². The topological polar surface area (TPSA) is 29.5 Å². The van der Waals surface area contributed by atoms with E-state index in [1.165, 1.54) is 22.1 Å². The van der Waals surface area contributed by atoms with Crippen molar-refractivity contribution in [3.8, 4) is 33.4 Å². The zero-order valence-electron chi connectivity index (χ0n) is 29.8. The Balaban J connectivity index is 1.14. The molecule has 2 aromatic heterocycles. The maximum Gasteiger partial charge on any atom is 0.143 e. The normalized spacial score (nSPS) is 11.6. The fourth-order valence-corrected chi connectivity index (χ4v) is 8.32. The van der Waals surface area contributed by atoms with E-state index < -0.39 is 0 Å². The molecule has 55 heavy (non-hydrogen) atoms. The highest BCUT2D eigenvalue weighted by molar-refractivity contribution is 6.22. The Hall–Kier alpha value is -7.36. The molecule has 3 heteroatoms.